The number of hydrogen-bond acceptors (Lipinski definition) is 7. The molecule has 1 aliphatic carbocycles. The highest BCUT2D eigenvalue weighted by Gasteiger charge is 2.64. The predicted octanol–water partition coefficient (Wildman–Crippen LogP) is 3.40. The summed E-state index contributed by atoms with van der Waals surface area (Å²) in [5.74, 6) is 0.159. The number of nitrogens with one attached hydrogen (secondary N) is 1. The van der Waals surface area contributed by atoms with Crippen molar-refractivity contribution >= 4 is 28.5 Å². The van der Waals surface area contributed by atoms with E-state index in [1.54, 1.807) is 34.4 Å². The standard InChI is InChI=1S/C30H31N7O3/c1-17-9-21(22-14-32-19(3)33-15-22)10-23-27(18(2)38)35-36(28(17)23)16-26(39)37-24(11-30(4)12-25(30)37)29(40)34-13-20-5-7-31-8-6-20/h5-10,14-15,24-25H,11-13,16H2,1-4H3,(H,34,40)/t24-,25+,30-/m0/s1. The second kappa shape index (κ2) is 9.62. The zero-order valence-corrected chi connectivity index (χ0v) is 23.0. The molecule has 4 heterocycles. The largest absolute Gasteiger partial charge is 0.350 e. The van der Waals surface area contributed by atoms with Crippen LogP contribution in [-0.2, 0) is 22.7 Å². The van der Waals surface area contributed by atoms with Crippen LogP contribution < -0.4 is 5.32 Å². The summed E-state index contributed by atoms with van der Waals surface area (Å²) in [6, 6.07) is 7.09. The van der Waals surface area contributed by atoms with Crippen LogP contribution in [0, 0.1) is 19.3 Å². The summed E-state index contributed by atoms with van der Waals surface area (Å²) in [6.07, 6.45) is 8.39. The highest BCUT2D eigenvalue weighted by molar-refractivity contribution is 6.07. The first-order chi connectivity index (χ1) is 19.1. The van der Waals surface area contributed by atoms with Gasteiger partial charge in [0.25, 0.3) is 0 Å². The summed E-state index contributed by atoms with van der Waals surface area (Å²) in [4.78, 5) is 54.0. The Labute approximate surface area is 231 Å². The van der Waals surface area contributed by atoms with Crippen molar-refractivity contribution in [1.29, 1.82) is 0 Å². The fraction of sp³-hybridized carbons (Fsp3) is 0.367. The Balaban J connectivity index is 1.29. The smallest absolute Gasteiger partial charge is 0.245 e. The number of nitrogens with zero attached hydrogens (tertiary/aromatic N) is 6. The highest BCUT2D eigenvalue weighted by Crippen LogP contribution is 2.59. The summed E-state index contributed by atoms with van der Waals surface area (Å²) in [5, 5.41) is 8.27. The molecule has 0 radical (unpaired) electrons. The molecule has 3 atom stereocenters. The Bertz CT molecular complexity index is 1650. The Morgan fingerprint density at radius 1 is 1.05 bits per heavy atom. The number of benzene rings is 1. The third-order valence-corrected chi connectivity index (χ3v) is 8.21. The number of Topliss-reactive ketones (excluding diaryl/α,β-unsaturated/α-hetero) is 1. The van der Waals surface area contributed by atoms with Gasteiger partial charge in [-0.3, -0.25) is 24.0 Å². The molecular weight excluding hydrogens is 506 g/mol. The fourth-order valence-electron chi connectivity index (χ4n) is 5.99. The van der Waals surface area contributed by atoms with E-state index >= 15 is 0 Å². The maximum Gasteiger partial charge on any atom is 0.245 e. The summed E-state index contributed by atoms with van der Waals surface area (Å²) >= 11 is 0. The molecule has 1 aromatic carbocycles. The number of aryl methyl sites for hydroxylation is 2. The minimum absolute atomic E-state index is 0.0278. The van der Waals surface area contributed by atoms with Gasteiger partial charge in [0.05, 0.1) is 5.52 Å². The van der Waals surface area contributed by atoms with Crippen LogP contribution in [0.2, 0.25) is 0 Å². The van der Waals surface area contributed by atoms with Gasteiger partial charge >= 0.3 is 0 Å². The van der Waals surface area contributed by atoms with Crippen LogP contribution in [0.1, 0.15) is 54.1 Å². The number of hydrogen-bond donors (Lipinski definition) is 1. The second-order valence-electron chi connectivity index (χ2n) is 11.2. The molecule has 0 bridgehead atoms. The molecule has 2 aliphatic rings. The van der Waals surface area contributed by atoms with Crippen molar-refractivity contribution in [2.45, 2.75) is 65.7 Å². The van der Waals surface area contributed by atoms with Crippen molar-refractivity contribution in [3.8, 4) is 11.1 Å². The molecular formula is C30H31N7O3. The van der Waals surface area contributed by atoms with Gasteiger partial charge in [0, 0.05) is 55.2 Å². The van der Waals surface area contributed by atoms with Crippen LogP contribution in [0.15, 0.2) is 49.1 Å². The van der Waals surface area contributed by atoms with Crippen molar-refractivity contribution in [3.05, 3.63) is 71.7 Å². The van der Waals surface area contributed by atoms with Gasteiger partial charge in [0.2, 0.25) is 11.8 Å². The topological polar surface area (TPSA) is 123 Å². The van der Waals surface area contributed by atoms with Crippen LogP contribution in [0.3, 0.4) is 0 Å². The number of carbonyl (C=O) groups is 3. The molecule has 6 rings (SSSR count). The van der Waals surface area contributed by atoms with Crippen molar-refractivity contribution in [3.63, 3.8) is 0 Å². The summed E-state index contributed by atoms with van der Waals surface area (Å²) < 4.78 is 1.61. The number of carbonyl (C=O) groups excluding carboxylic acids is 3. The molecule has 1 N–H and O–H groups in total. The number of amides is 2. The lowest BCUT2D eigenvalue weighted by atomic mass is 10.0. The van der Waals surface area contributed by atoms with Gasteiger partial charge in [-0.15, -0.1) is 0 Å². The number of piperidine rings is 1. The van der Waals surface area contributed by atoms with Crippen LogP contribution in [-0.4, -0.2) is 59.3 Å². The van der Waals surface area contributed by atoms with Crippen molar-refractivity contribution in [2.75, 3.05) is 0 Å². The van der Waals surface area contributed by atoms with E-state index in [9.17, 15) is 14.4 Å². The molecule has 40 heavy (non-hydrogen) atoms. The monoisotopic (exact) mass is 537 g/mol. The Kier molecular flexibility index (Phi) is 6.20. The predicted molar refractivity (Wildman–Crippen MR) is 148 cm³/mol. The number of pyridine rings is 1. The number of aromatic nitrogens is 5. The zero-order chi connectivity index (χ0) is 28.2. The quantitative estimate of drug-likeness (QED) is 0.359. The average Bonchev–Trinajstić information content (AvgIpc) is 3.29. The Morgan fingerprint density at radius 2 is 1.77 bits per heavy atom. The van der Waals surface area contributed by atoms with Gasteiger partial charge in [-0.25, -0.2) is 9.97 Å². The van der Waals surface area contributed by atoms with Crippen LogP contribution in [0.5, 0.6) is 0 Å². The summed E-state index contributed by atoms with van der Waals surface area (Å²) in [6.45, 7) is 7.69. The lowest BCUT2D eigenvalue weighted by Gasteiger charge is -2.27. The maximum atomic E-state index is 13.8. The molecule has 4 aromatic rings. The molecule has 1 saturated carbocycles. The maximum absolute atomic E-state index is 13.8. The molecule has 2 fully saturated rings. The number of fused-ring (bicyclic) bond motifs is 2. The van der Waals surface area contributed by atoms with E-state index in [2.05, 4.69) is 32.3 Å². The molecule has 0 spiro atoms. The number of ketones is 1. The van der Waals surface area contributed by atoms with E-state index in [1.165, 1.54) is 6.92 Å². The van der Waals surface area contributed by atoms with E-state index < -0.39 is 6.04 Å². The van der Waals surface area contributed by atoms with Crippen molar-refractivity contribution in [1.82, 2.24) is 34.9 Å². The number of rotatable bonds is 7. The Morgan fingerprint density at radius 3 is 2.48 bits per heavy atom. The third kappa shape index (κ3) is 4.53. The van der Waals surface area contributed by atoms with Crippen molar-refractivity contribution < 1.29 is 14.4 Å². The van der Waals surface area contributed by atoms with Crippen LogP contribution >= 0.6 is 0 Å². The van der Waals surface area contributed by atoms with Gasteiger partial charge in [-0.1, -0.05) is 6.92 Å². The molecule has 10 heteroatoms. The Hall–Kier alpha value is -4.47. The van der Waals surface area contributed by atoms with Gasteiger partial charge < -0.3 is 10.2 Å². The molecule has 0 unspecified atom stereocenters. The first-order valence-corrected chi connectivity index (χ1v) is 13.4. The first kappa shape index (κ1) is 25.8. The minimum Gasteiger partial charge on any atom is -0.350 e. The van der Waals surface area contributed by atoms with Gasteiger partial charge in [-0.2, -0.15) is 5.10 Å². The van der Waals surface area contributed by atoms with E-state index in [4.69, 9.17) is 0 Å². The molecule has 1 aliphatic heterocycles. The average molecular weight is 538 g/mol. The molecule has 2 amide bonds. The van der Waals surface area contributed by atoms with E-state index in [1.807, 2.05) is 38.1 Å². The van der Waals surface area contributed by atoms with Crippen molar-refractivity contribution in [2.24, 2.45) is 5.41 Å². The first-order valence-electron chi connectivity index (χ1n) is 13.4. The van der Waals surface area contributed by atoms with Crippen LogP contribution in [0.25, 0.3) is 22.0 Å². The normalized spacial score (nSPS) is 21.4. The summed E-state index contributed by atoms with van der Waals surface area (Å²) in [5.41, 5.74) is 4.52. The summed E-state index contributed by atoms with van der Waals surface area (Å²) in [7, 11) is 0. The fourth-order valence-corrected chi connectivity index (χ4v) is 5.99. The number of likely N-dealkylation sites (tertiary alicyclic amines) is 1. The molecule has 10 nitrogen and oxygen atoms in total. The van der Waals surface area contributed by atoms with Gasteiger partial charge in [-0.05, 0) is 73.1 Å². The van der Waals surface area contributed by atoms with Gasteiger partial charge in [0.1, 0.15) is 24.1 Å². The highest BCUT2D eigenvalue weighted by atomic mass is 16.2. The van der Waals surface area contributed by atoms with E-state index in [0.29, 0.717) is 29.9 Å². The lowest BCUT2D eigenvalue weighted by molar-refractivity contribution is -0.140. The molecule has 204 valence electrons. The zero-order valence-electron chi connectivity index (χ0n) is 23.0. The lowest BCUT2D eigenvalue weighted by Crippen LogP contribution is -2.48. The molecule has 3 aromatic heterocycles. The SMILES string of the molecule is CC(=O)c1nn(CC(=O)N2[C@H](C(=O)NCc3ccncc3)C[C@@]3(C)C[C@@H]23)c2c(C)cc(-c3cnc(C)nc3)cc12. The minimum atomic E-state index is -0.540. The van der Waals surface area contributed by atoms with E-state index in [0.717, 1.165) is 34.2 Å². The van der Waals surface area contributed by atoms with Crippen LogP contribution in [0.4, 0.5) is 0 Å². The third-order valence-electron chi connectivity index (χ3n) is 8.21. The second-order valence-corrected chi connectivity index (χ2v) is 11.2. The van der Waals surface area contributed by atoms with Gasteiger partial charge in [0.15, 0.2) is 5.78 Å². The molecule has 1 saturated heterocycles. The van der Waals surface area contributed by atoms with E-state index in [-0.39, 0.29) is 35.6 Å².